The predicted molar refractivity (Wildman–Crippen MR) is 57.9 cm³/mol. The molecule has 0 aliphatic heterocycles. The Kier molecular flexibility index (Phi) is 3.84. The van der Waals surface area contributed by atoms with E-state index in [0.29, 0.717) is 12.8 Å². The van der Waals surface area contributed by atoms with E-state index in [0.717, 1.165) is 12.1 Å². The second kappa shape index (κ2) is 4.91. The van der Waals surface area contributed by atoms with Crippen LogP contribution in [0.15, 0.2) is 37.1 Å². The van der Waals surface area contributed by atoms with E-state index in [1.807, 2.05) is 31.2 Å². The van der Waals surface area contributed by atoms with Gasteiger partial charge < -0.3 is 5.11 Å². The fraction of sp³-hybridized carbons (Fsp3) is 0.417. The van der Waals surface area contributed by atoms with E-state index in [-0.39, 0.29) is 0 Å². The van der Waals surface area contributed by atoms with Crippen LogP contribution in [0.3, 0.4) is 0 Å². The Morgan fingerprint density at radius 2 is 2.36 bits per heavy atom. The van der Waals surface area contributed by atoms with Gasteiger partial charge in [-0.25, -0.2) is 0 Å². The van der Waals surface area contributed by atoms with Gasteiger partial charge in [-0.3, -0.25) is 4.98 Å². The largest absolute Gasteiger partial charge is 0.384 e. The number of aliphatic hydroxyl groups is 1. The summed E-state index contributed by atoms with van der Waals surface area (Å²) in [5.74, 6) is 0. The fourth-order valence-electron chi connectivity index (χ4n) is 1.46. The molecule has 1 rings (SSSR count). The van der Waals surface area contributed by atoms with Gasteiger partial charge in [0.25, 0.3) is 0 Å². The molecule has 0 aliphatic carbocycles. The molecule has 0 saturated carbocycles. The van der Waals surface area contributed by atoms with Crippen molar-refractivity contribution in [1.29, 1.82) is 0 Å². The van der Waals surface area contributed by atoms with E-state index >= 15 is 0 Å². The predicted octanol–water partition coefficient (Wildman–Crippen LogP) is 2.65. The molecule has 2 nitrogen and oxygen atoms in total. The van der Waals surface area contributed by atoms with Gasteiger partial charge in [0, 0.05) is 6.20 Å². The molecule has 76 valence electrons. The van der Waals surface area contributed by atoms with Crippen molar-refractivity contribution in [2.75, 3.05) is 0 Å². The monoisotopic (exact) mass is 191 g/mol. The van der Waals surface area contributed by atoms with Gasteiger partial charge in [0.15, 0.2) is 0 Å². The first-order valence-corrected chi connectivity index (χ1v) is 4.97. The van der Waals surface area contributed by atoms with E-state index in [1.165, 1.54) is 0 Å². The molecule has 0 bridgehead atoms. The molecule has 2 heteroatoms. The third-order valence-electron chi connectivity index (χ3n) is 2.49. The topological polar surface area (TPSA) is 33.1 Å². The molecular weight excluding hydrogens is 174 g/mol. The average molecular weight is 191 g/mol. The fourth-order valence-corrected chi connectivity index (χ4v) is 1.46. The Hall–Kier alpha value is -1.15. The van der Waals surface area contributed by atoms with Gasteiger partial charge in [-0.15, -0.1) is 6.58 Å². The summed E-state index contributed by atoms with van der Waals surface area (Å²) in [4.78, 5) is 4.19. The van der Waals surface area contributed by atoms with E-state index < -0.39 is 5.60 Å². The van der Waals surface area contributed by atoms with E-state index in [4.69, 9.17) is 0 Å². The van der Waals surface area contributed by atoms with Gasteiger partial charge in [0.05, 0.1) is 5.69 Å². The third kappa shape index (κ3) is 2.42. The van der Waals surface area contributed by atoms with Crippen LogP contribution in [0.25, 0.3) is 0 Å². The second-order valence-corrected chi connectivity index (χ2v) is 3.43. The molecule has 1 heterocycles. The maximum atomic E-state index is 10.3. The van der Waals surface area contributed by atoms with Crippen LogP contribution >= 0.6 is 0 Å². The van der Waals surface area contributed by atoms with Crippen molar-refractivity contribution in [3.05, 3.63) is 42.7 Å². The number of hydrogen-bond acceptors (Lipinski definition) is 2. The molecule has 1 atom stereocenters. The normalized spacial score (nSPS) is 14.7. The number of allylic oxidation sites excluding steroid dienone is 1. The van der Waals surface area contributed by atoms with Crippen molar-refractivity contribution in [2.45, 2.75) is 31.8 Å². The summed E-state index contributed by atoms with van der Waals surface area (Å²) in [6.45, 7) is 5.63. The van der Waals surface area contributed by atoms with Gasteiger partial charge >= 0.3 is 0 Å². The smallest absolute Gasteiger partial charge is 0.107 e. The van der Waals surface area contributed by atoms with Crippen LogP contribution in [0.4, 0.5) is 0 Å². The van der Waals surface area contributed by atoms with Gasteiger partial charge in [-0.05, 0) is 31.4 Å². The van der Waals surface area contributed by atoms with Gasteiger partial charge in [0.1, 0.15) is 5.60 Å². The zero-order chi connectivity index (χ0) is 10.4. The van der Waals surface area contributed by atoms with E-state index in [2.05, 4.69) is 11.6 Å². The Labute approximate surface area is 85.3 Å². The number of pyridine rings is 1. The van der Waals surface area contributed by atoms with Crippen LogP contribution in [-0.2, 0) is 5.60 Å². The summed E-state index contributed by atoms with van der Waals surface area (Å²) in [6.07, 6.45) is 5.70. The quantitative estimate of drug-likeness (QED) is 0.726. The number of nitrogens with zero attached hydrogens (tertiary/aromatic N) is 1. The number of rotatable bonds is 5. The summed E-state index contributed by atoms with van der Waals surface area (Å²) < 4.78 is 0. The Balaban J connectivity index is 2.84. The molecule has 0 saturated heterocycles. The van der Waals surface area contributed by atoms with Crippen LogP contribution in [0, 0.1) is 0 Å². The van der Waals surface area contributed by atoms with Crippen LogP contribution in [0.2, 0.25) is 0 Å². The van der Waals surface area contributed by atoms with Gasteiger partial charge in [0.2, 0.25) is 0 Å². The highest BCUT2D eigenvalue weighted by Crippen LogP contribution is 2.28. The highest BCUT2D eigenvalue weighted by Gasteiger charge is 2.27. The van der Waals surface area contributed by atoms with Crippen molar-refractivity contribution >= 4 is 0 Å². The molecule has 0 radical (unpaired) electrons. The number of aromatic nitrogens is 1. The van der Waals surface area contributed by atoms with Crippen LogP contribution in [0.5, 0.6) is 0 Å². The lowest BCUT2D eigenvalue weighted by Gasteiger charge is -2.25. The van der Waals surface area contributed by atoms with Crippen molar-refractivity contribution < 1.29 is 5.11 Å². The minimum atomic E-state index is -0.796. The van der Waals surface area contributed by atoms with Crippen molar-refractivity contribution in [3.8, 4) is 0 Å². The summed E-state index contributed by atoms with van der Waals surface area (Å²) in [5.41, 5.74) is -0.0422. The third-order valence-corrected chi connectivity index (χ3v) is 2.49. The minimum Gasteiger partial charge on any atom is -0.384 e. The van der Waals surface area contributed by atoms with E-state index in [1.54, 1.807) is 6.20 Å². The SMILES string of the molecule is C=CCCC(O)(CC)c1ccccn1. The van der Waals surface area contributed by atoms with Crippen LogP contribution < -0.4 is 0 Å². The molecule has 0 spiro atoms. The zero-order valence-corrected chi connectivity index (χ0v) is 8.61. The van der Waals surface area contributed by atoms with Crippen LogP contribution in [0.1, 0.15) is 31.9 Å². The molecular formula is C12H17NO. The maximum Gasteiger partial charge on any atom is 0.107 e. The first kappa shape index (κ1) is 10.9. The summed E-state index contributed by atoms with van der Waals surface area (Å²) in [7, 11) is 0. The molecule has 14 heavy (non-hydrogen) atoms. The Morgan fingerprint density at radius 1 is 1.57 bits per heavy atom. The molecule has 0 fully saturated rings. The first-order chi connectivity index (χ1) is 6.73. The average Bonchev–Trinajstić information content (AvgIpc) is 2.27. The van der Waals surface area contributed by atoms with Crippen molar-refractivity contribution in [3.63, 3.8) is 0 Å². The standard InChI is InChI=1S/C12H17NO/c1-3-5-9-12(14,4-2)11-8-6-7-10-13-11/h3,6-8,10,14H,1,4-5,9H2,2H3. The maximum absolute atomic E-state index is 10.3. The molecule has 0 aromatic carbocycles. The molecule has 1 aromatic rings. The summed E-state index contributed by atoms with van der Waals surface area (Å²) in [6, 6.07) is 5.62. The number of hydrogen-bond donors (Lipinski definition) is 1. The molecule has 0 aliphatic rings. The summed E-state index contributed by atoms with van der Waals surface area (Å²) >= 11 is 0. The highest BCUT2D eigenvalue weighted by atomic mass is 16.3. The lowest BCUT2D eigenvalue weighted by atomic mass is 9.90. The second-order valence-electron chi connectivity index (χ2n) is 3.43. The zero-order valence-electron chi connectivity index (χ0n) is 8.61. The molecule has 0 amide bonds. The van der Waals surface area contributed by atoms with Crippen LogP contribution in [-0.4, -0.2) is 10.1 Å². The van der Waals surface area contributed by atoms with E-state index in [9.17, 15) is 5.11 Å². The molecule has 1 unspecified atom stereocenters. The van der Waals surface area contributed by atoms with Gasteiger partial charge in [-0.1, -0.05) is 19.1 Å². The van der Waals surface area contributed by atoms with Crippen molar-refractivity contribution in [1.82, 2.24) is 4.98 Å². The summed E-state index contributed by atoms with van der Waals surface area (Å²) in [5, 5.41) is 10.3. The highest BCUT2D eigenvalue weighted by molar-refractivity contribution is 5.12. The molecule has 1 N–H and O–H groups in total. The Bertz CT molecular complexity index is 284. The lowest BCUT2D eigenvalue weighted by molar-refractivity contribution is 0.0200. The lowest BCUT2D eigenvalue weighted by Crippen LogP contribution is -2.25. The van der Waals surface area contributed by atoms with Gasteiger partial charge in [-0.2, -0.15) is 0 Å². The van der Waals surface area contributed by atoms with Crippen molar-refractivity contribution in [2.24, 2.45) is 0 Å². The molecule has 1 aromatic heterocycles. The minimum absolute atomic E-state index is 0.678. The first-order valence-electron chi connectivity index (χ1n) is 4.97. The Morgan fingerprint density at radius 3 is 2.86 bits per heavy atom.